The largest absolute Gasteiger partial charge is 0.341 e. The van der Waals surface area contributed by atoms with E-state index < -0.39 is 0 Å². The zero-order valence-corrected chi connectivity index (χ0v) is 17.8. The summed E-state index contributed by atoms with van der Waals surface area (Å²) in [4.78, 5) is 23.2. The Balaban J connectivity index is 0.00000196. The van der Waals surface area contributed by atoms with Crippen LogP contribution in [0.2, 0.25) is 0 Å². The van der Waals surface area contributed by atoms with Gasteiger partial charge in [-0.2, -0.15) is 0 Å². The summed E-state index contributed by atoms with van der Waals surface area (Å²) in [5.74, 6) is 0.0643. The van der Waals surface area contributed by atoms with E-state index >= 15 is 0 Å². The van der Waals surface area contributed by atoms with Gasteiger partial charge >= 0.3 is 0 Å². The molecule has 5 nitrogen and oxygen atoms in total. The van der Waals surface area contributed by atoms with Crippen molar-refractivity contribution in [1.82, 2.24) is 14.9 Å². The highest BCUT2D eigenvalue weighted by Crippen LogP contribution is 2.23. The van der Waals surface area contributed by atoms with Gasteiger partial charge in [0.15, 0.2) is 0 Å². The van der Waals surface area contributed by atoms with E-state index in [-0.39, 0.29) is 30.7 Å². The molecule has 2 aromatic heterocycles. The molecule has 0 unspecified atom stereocenters. The van der Waals surface area contributed by atoms with Crippen LogP contribution in [0, 0.1) is 0 Å². The van der Waals surface area contributed by atoms with E-state index in [0.717, 1.165) is 22.7 Å². The first-order valence-electron chi connectivity index (χ1n) is 8.63. The number of carbonyl (C=O) groups is 1. The van der Waals surface area contributed by atoms with E-state index in [1.807, 2.05) is 40.6 Å². The number of nitrogens with two attached hydrogens (primary N) is 1. The number of amides is 1. The van der Waals surface area contributed by atoms with Crippen molar-refractivity contribution in [3.63, 3.8) is 0 Å². The quantitative estimate of drug-likeness (QED) is 0.582. The lowest BCUT2D eigenvalue weighted by Gasteiger charge is -2.21. The molecule has 0 saturated heterocycles. The second-order valence-electron chi connectivity index (χ2n) is 5.97. The molecule has 1 amide bonds. The van der Waals surface area contributed by atoms with E-state index in [0.29, 0.717) is 26.1 Å². The Hall–Kier alpha value is -1.99. The first-order valence-corrected chi connectivity index (χ1v) is 9.51. The molecule has 0 fully saturated rings. The normalized spacial score (nSPS) is 9.89. The number of halogens is 2. The fraction of sp³-hybridized carbons (Fsp3) is 0.250. The number of hydrogen-bond donors (Lipinski definition) is 1. The van der Waals surface area contributed by atoms with E-state index in [1.165, 1.54) is 16.9 Å². The Morgan fingerprint density at radius 2 is 1.86 bits per heavy atom. The molecule has 0 radical (unpaired) electrons. The highest BCUT2D eigenvalue weighted by atomic mass is 35.5. The molecule has 150 valence electrons. The molecule has 3 rings (SSSR count). The number of pyridine rings is 1. The highest BCUT2D eigenvalue weighted by Gasteiger charge is 2.15. The predicted octanol–water partition coefficient (Wildman–Crippen LogP) is 3.62. The molecule has 8 heteroatoms. The van der Waals surface area contributed by atoms with Crippen molar-refractivity contribution in [2.75, 3.05) is 19.6 Å². The number of hydrogen-bond acceptors (Lipinski definition) is 5. The minimum Gasteiger partial charge on any atom is -0.341 e. The lowest BCUT2D eigenvalue weighted by atomic mass is 10.1. The van der Waals surface area contributed by atoms with Gasteiger partial charge in [0, 0.05) is 43.0 Å². The maximum absolute atomic E-state index is 12.7. The molecule has 1 aromatic carbocycles. The molecule has 2 heterocycles. The Labute approximate surface area is 181 Å². The lowest BCUT2D eigenvalue weighted by Crippen LogP contribution is -2.37. The summed E-state index contributed by atoms with van der Waals surface area (Å²) < 4.78 is 0. The van der Waals surface area contributed by atoms with Crippen LogP contribution >= 0.6 is 36.2 Å². The van der Waals surface area contributed by atoms with E-state index in [2.05, 4.69) is 22.1 Å². The van der Waals surface area contributed by atoms with Gasteiger partial charge < -0.3 is 10.6 Å². The summed E-state index contributed by atoms with van der Waals surface area (Å²) in [5.41, 5.74) is 8.68. The zero-order chi connectivity index (χ0) is 18.2. The minimum atomic E-state index is 0. The van der Waals surface area contributed by atoms with Crippen molar-refractivity contribution >= 4 is 42.1 Å². The molecule has 28 heavy (non-hydrogen) atoms. The van der Waals surface area contributed by atoms with Crippen LogP contribution in [0.1, 0.15) is 11.3 Å². The Kier molecular flexibility index (Phi) is 10.7. The first kappa shape index (κ1) is 24.0. The third kappa shape index (κ3) is 6.87. The van der Waals surface area contributed by atoms with Crippen molar-refractivity contribution < 1.29 is 4.79 Å². The summed E-state index contributed by atoms with van der Waals surface area (Å²) in [7, 11) is 0. The first-order chi connectivity index (χ1) is 12.8. The van der Waals surface area contributed by atoms with E-state index in [9.17, 15) is 4.79 Å². The van der Waals surface area contributed by atoms with Gasteiger partial charge in [-0.25, -0.2) is 4.98 Å². The second-order valence-corrected chi connectivity index (χ2v) is 6.83. The molecule has 0 bridgehead atoms. The highest BCUT2D eigenvalue weighted by molar-refractivity contribution is 7.13. The average molecular weight is 439 g/mol. The third-order valence-electron chi connectivity index (χ3n) is 4.06. The standard InChI is InChI=1S/C20H22N4OS.2ClH/c21-9-12-24(11-8-16-5-2-1-3-6-16)19(25)13-18-15-26-20(23-18)17-7-4-10-22-14-17;;/h1-7,10,14-15H,8-9,11-13,21H2;2*1H. The summed E-state index contributed by atoms with van der Waals surface area (Å²) in [5, 5.41) is 2.83. The molecule has 0 aliphatic rings. The van der Waals surface area contributed by atoms with Crippen LogP contribution in [0.5, 0.6) is 0 Å². The maximum Gasteiger partial charge on any atom is 0.228 e. The van der Waals surface area contributed by atoms with Crippen LogP contribution in [0.15, 0.2) is 60.2 Å². The van der Waals surface area contributed by atoms with E-state index in [1.54, 1.807) is 12.4 Å². The van der Waals surface area contributed by atoms with Crippen LogP contribution < -0.4 is 5.73 Å². The SMILES string of the molecule is Cl.Cl.NCCN(CCc1ccccc1)C(=O)Cc1csc(-c2cccnc2)n1. The van der Waals surface area contributed by atoms with Gasteiger partial charge in [-0.05, 0) is 24.1 Å². The number of aromatic nitrogens is 2. The number of rotatable bonds is 8. The fourth-order valence-corrected chi connectivity index (χ4v) is 3.51. The topological polar surface area (TPSA) is 72.1 Å². The monoisotopic (exact) mass is 438 g/mol. The molecule has 0 aliphatic heterocycles. The van der Waals surface area contributed by atoms with E-state index in [4.69, 9.17) is 5.73 Å². The maximum atomic E-state index is 12.7. The Morgan fingerprint density at radius 1 is 1.07 bits per heavy atom. The number of benzene rings is 1. The van der Waals surface area contributed by atoms with Crippen molar-refractivity contribution in [3.8, 4) is 10.6 Å². The lowest BCUT2D eigenvalue weighted by molar-refractivity contribution is -0.130. The van der Waals surface area contributed by atoms with Gasteiger partial charge in [-0.3, -0.25) is 9.78 Å². The van der Waals surface area contributed by atoms with Crippen LogP contribution in [-0.2, 0) is 17.6 Å². The third-order valence-corrected chi connectivity index (χ3v) is 5.00. The van der Waals surface area contributed by atoms with Crippen molar-refractivity contribution in [3.05, 3.63) is 71.5 Å². The van der Waals surface area contributed by atoms with Gasteiger partial charge in [-0.1, -0.05) is 30.3 Å². The summed E-state index contributed by atoms with van der Waals surface area (Å²) in [6.45, 7) is 1.68. The summed E-state index contributed by atoms with van der Waals surface area (Å²) >= 11 is 1.53. The van der Waals surface area contributed by atoms with Gasteiger partial charge in [0.05, 0.1) is 12.1 Å². The predicted molar refractivity (Wildman–Crippen MR) is 119 cm³/mol. The fourth-order valence-electron chi connectivity index (χ4n) is 2.70. The number of nitrogens with zero attached hydrogens (tertiary/aromatic N) is 3. The van der Waals surface area contributed by atoms with Gasteiger partial charge in [0.25, 0.3) is 0 Å². The van der Waals surface area contributed by atoms with Crippen LogP contribution in [0.3, 0.4) is 0 Å². The minimum absolute atomic E-state index is 0. The Morgan fingerprint density at radius 3 is 2.54 bits per heavy atom. The summed E-state index contributed by atoms with van der Waals surface area (Å²) in [6.07, 6.45) is 4.64. The molecule has 0 aliphatic carbocycles. The van der Waals surface area contributed by atoms with Crippen molar-refractivity contribution in [2.24, 2.45) is 5.73 Å². The second kappa shape index (κ2) is 12.5. The van der Waals surface area contributed by atoms with Gasteiger partial charge in [-0.15, -0.1) is 36.2 Å². The van der Waals surface area contributed by atoms with Gasteiger partial charge in [0.2, 0.25) is 5.91 Å². The zero-order valence-electron chi connectivity index (χ0n) is 15.4. The molecule has 3 aromatic rings. The average Bonchev–Trinajstić information content (AvgIpc) is 3.15. The molecule has 0 atom stereocenters. The van der Waals surface area contributed by atoms with Gasteiger partial charge in [0.1, 0.15) is 5.01 Å². The smallest absolute Gasteiger partial charge is 0.228 e. The van der Waals surface area contributed by atoms with Crippen LogP contribution in [0.25, 0.3) is 10.6 Å². The molecular weight excluding hydrogens is 415 g/mol. The summed E-state index contributed by atoms with van der Waals surface area (Å²) in [6, 6.07) is 14.0. The van der Waals surface area contributed by atoms with Crippen LogP contribution in [0.4, 0.5) is 0 Å². The Bertz CT molecular complexity index is 830. The number of carbonyl (C=O) groups excluding carboxylic acids is 1. The van der Waals surface area contributed by atoms with Crippen molar-refractivity contribution in [2.45, 2.75) is 12.8 Å². The molecular formula is C20H24Cl2N4OS. The number of thiazole rings is 1. The van der Waals surface area contributed by atoms with Crippen molar-refractivity contribution in [1.29, 1.82) is 0 Å². The molecule has 0 spiro atoms. The molecule has 2 N–H and O–H groups in total. The van der Waals surface area contributed by atoms with Crippen LogP contribution in [-0.4, -0.2) is 40.4 Å². The molecule has 0 saturated carbocycles.